The van der Waals surface area contributed by atoms with Crippen LogP contribution in [0.3, 0.4) is 0 Å². The molecule has 0 aliphatic rings. The molecule has 0 saturated carbocycles. The highest BCUT2D eigenvalue weighted by Crippen LogP contribution is 2.19. The minimum atomic E-state index is -0.525. The lowest BCUT2D eigenvalue weighted by Crippen LogP contribution is -2.26. The quantitative estimate of drug-likeness (QED) is 0.712. The van der Waals surface area contributed by atoms with E-state index in [2.05, 4.69) is 19.2 Å². The van der Waals surface area contributed by atoms with Gasteiger partial charge in [0.1, 0.15) is 11.6 Å². The van der Waals surface area contributed by atoms with Crippen LogP contribution in [0.2, 0.25) is 0 Å². The van der Waals surface area contributed by atoms with Crippen molar-refractivity contribution >= 4 is 0 Å². The van der Waals surface area contributed by atoms with Crippen LogP contribution in [0.1, 0.15) is 58.1 Å². The van der Waals surface area contributed by atoms with Gasteiger partial charge in [-0.15, -0.1) is 0 Å². The van der Waals surface area contributed by atoms with Gasteiger partial charge in [0.15, 0.2) is 0 Å². The fourth-order valence-electron chi connectivity index (χ4n) is 2.25. The van der Waals surface area contributed by atoms with Crippen LogP contribution in [0.5, 0.6) is 0 Å². The van der Waals surface area contributed by atoms with E-state index in [4.69, 9.17) is 0 Å². The highest BCUT2D eigenvalue weighted by atomic mass is 19.1. The Morgan fingerprint density at radius 2 is 1.95 bits per heavy atom. The number of hydrogen-bond acceptors (Lipinski definition) is 1. The van der Waals surface area contributed by atoms with E-state index in [1.54, 1.807) is 0 Å². The molecule has 0 radical (unpaired) electrons. The largest absolute Gasteiger partial charge is 0.310 e. The van der Waals surface area contributed by atoms with E-state index < -0.39 is 11.6 Å². The Balaban J connectivity index is 2.51. The van der Waals surface area contributed by atoms with Crippen molar-refractivity contribution in [1.82, 2.24) is 5.32 Å². The second-order valence-corrected chi connectivity index (χ2v) is 5.21. The Hall–Kier alpha value is -0.960. The van der Waals surface area contributed by atoms with Crippen LogP contribution < -0.4 is 5.32 Å². The van der Waals surface area contributed by atoms with E-state index in [-0.39, 0.29) is 6.04 Å². The van der Waals surface area contributed by atoms with Crippen LogP contribution in [-0.2, 0) is 0 Å². The highest BCUT2D eigenvalue weighted by Gasteiger charge is 2.13. The zero-order valence-corrected chi connectivity index (χ0v) is 12.2. The molecule has 108 valence electrons. The van der Waals surface area contributed by atoms with Gasteiger partial charge in [0.25, 0.3) is 0 Å². The van der Waals surface area contributed by atoms with Gasteiger partial charge in [-0.3, -0.25) is 0 Å². The summed E-state index contributed by atoms with van der Waals surface area (Å²) in [6.45, 7) is 7.18. The lowest BCUT2D eigenvalue weighted by Gasteiger charge is -2.20. The molecule has 1 N–H and O–H groups in total. The van der Waals surface area contributed by atoms with Crippen molar-refractivity contribution in [3.8, 4) is 0 Å². The van der Waals surface area contributed by atoms with Gasteiger partial charge in [-0.1, -0.05) is 39.2 Å². The van der Waals surface area contributed by atoms with Gasteiger partial charge in [0, 0.05) is 17.7 Å². The average molecular weight is 269 g/mol. The monoisotopic (exact) mass is 269 g/mol. The Bertz CT molecular complexity index is 379. The lowest BCUT2D eigenvalue weighted by atomic mass is 9.98. The maximum atomic E-state index is 13.6. The number of hydrogen-bond donors (Lipinski definition) is 1. The molecule has 0 fully saturated rings. The van der Waals surface area contributed by atoms with Crippen LogP contribution in [-0.4, -0.2) is 6.54 Å². The molecule has 0 amide bonds. The number of rotatable bonds is 8. The minimum Gasteiger partial charge on any atom is -0.310 e. The summed E-state index contributed by atoms with van der Waals surface area (Å²) in [5, 5.41) is 3.36. The predicted molar refractivity (Wildman–Crippen MR) is 76.1 cm³/mol. The van der Waals surface area contributed by atoms with Gasteiger partial charge in [0.05, 0.1) is 0 Å². The molecule has 1 aromatic carbocycles. The number of nitrogens with one attached hydrogen (secondary N) is 1. The Kier molecular flexibility index (Phi) is 7.00. The van der Waals surface area contributed by atoms with Crippen LogP contribution >= 0.6 is 0 Å². The van der Waals surface area contributed by atoms with Gasteiger partial charge in [-0.25, -0.2) is 8.78 Å². The van der Waals surface area contributed by atoms with Crippen LogP contribution in [0.25, 0.3) is 0 Å². The molecule has 1 nitrogen and oxygen atoms in total. The van der Waals surface area contributed by atoms with Gasteiger partial charge in [-0.05, 0) is 31.9 Å². The van der Waals surface area contributed by atoms with Gasteiger partial charge >= 0.3 is 0 Å². The maximum absolute atomic E-state index is 13.6. The average Bonchev–Trinajstić information content (AvgIpc) is 2.38. The van der Waals surface area contributed by atoms with Crippen molar-refractivity contribution in [3.05, 3.63) is 35.4 Å². The molecule has 0 aliphatic carbocycles. The van der Waals surface area contributed by atoms with Gasteiger partial charge < -0.3 is 5.32 Å². The van der Waals surface area contributed by atoms with Crippen LogP contribution in [0.15, 0.2) is 18.2 Å². The van der Waals surface area contributed by atoms with Crippen molar-refractivity contribution < 1.29 is 8.78 Å². The van der Waals surface area contributed by atoms with Crippen molar-refractivity contribution in [1.29, 1.82) is 0 Å². The number of benzene rings is 1. The van der Waals surface area contributed by atoms with Gasteiger partial charge in [0.2, 0.25) is 0 Å². The second-order valence-electron chi connectivity index (χ2n) is 5.21. The standard InChI is InChI=1S/C16H25F2N/c1-4-6-7-13(5-2)11-19-12(3)15-9-8-14(17)10-16(15)18/h8-10,12-13,19H,4-7,11H2,1-3H3. The topological polar surface area (TPSA) is 12.0 Å². The van der Waals surface area contributed by atoms with E-state index in [9.17, 15) is 8.78 Å². The summed E-state index contributed by atoms with van der Waals surface area (Å²) in [7, 11) is 0. The maximum Gasteiger partial charge on any atom is 0.130 e. The van der Waals surface area contributed by atoms with Crippen LogP contribution in [0.4, 0.5) is 8.78 Å². The zero-order valence-electron chi connectivity index (χ0n) is 12.2. The summed E-state index contributed by atoms with van der Waals surface area (Å²) in [5.41, 5.74) is 0.534. The lowest BCUT2D eigenvalue weighted by molar-refractivity contribution is 0.394. The van der Waals surface area contributed by atoms with Crippen molar-refractivity contribution in [2.24, 2.45) is 5.92 Å². The number of unbranched alkanes of at least 4 members (excludes halogenated alkanes) is 1. The third kappa shape index (κ3) is 5.27. The molecule has 19 heavy (non-hydrogen) atoms. The predicted octanol–water partition coefficient (Wildman–Crippen LogP) is 4.83. The summed E-state index contributed by atoms with van der Waals surface area (Å²) in [4.78, 5) is 0. The molecular formula is C16H25F2N. The normalized spacial score (nSPS) is 14.4. The fraction of sp³-hybridized carbons (Fsp3) is 0.625. The Morgan fingerprint density at radius 1 is 1.21 bits per heavy atom. The summed E-state index contributed by atoms with van der Waals surface area (Å²) in [5.74, 6) is -0.365. The van der Waals surface area contributed by atoms with E-state index in [1.807, 2.05) is 6.92 Å². The van der Waals surface area contributed by atoms with Crippen molar-refractivity contribution in [2.45, 2.75) is 52.5 Å². The van der Waals surface area contributed by atoms with E-state index >= 15 is 0 Å². The Labute approximate surface area is 115 Å². The first-order valence-electron chi connectivity index (χ1n) is 7.26. The summed E-state index contributed by atoms with van der Waals surface area (Å²) in [6, 6.07) is 3.69. The molecule has 1 aromatic rings. The van der Waals surface area contributed by atoms with E-state index in [0.717, 1.165) is 19.0 Å². The molecule has 3 heteroatoms. The molecule has 0 saturated heterocycles. The third-order valence-corrected chi connectivity index (χ3v) is 3.68. The molecule has 0 aromatic heterocycles. The minimum absolute atomic E-state index is 0.0868. The molecule has 1 rings (SSSR count). The number of halogens is 2. The molecule has 0 bridgehead atoms. The van der Waals surface area contributed by atoms with Crippen molar-refractivity contribution in [2.75, 3.05) is 6.54 Å². The van der Waals surface area contributed by atoms with Gasteiger partial charge in [-0.2, -0.15) is 0 Å². The zero-order chi connectivity index (χ0) is 14.3. The first-order chi connectivity index (χ1) is 9.08. The van der Waals surface area contributed by atoms with Crippen LogP contribution in [0, 0.1) is 17.6 Å². The molecular weight excluding hydrogens is 244 g/mol. The highest BCUT2D eigenvalue weighted by molar-refractivity contribution is 5.21. The molecule has 2 atom stereocenters. The second kappa shape index (κ2) is 8.26. The summed E-state index contributed by atoms with van der Waals surface area (Å²) in [6.07, 6.45) is 4.78. The SMILES string of the molecule is CCCCC(CC)CNC(C)c1ccc(F)cc1F. The fourth-order valence-corrected chi connectivity index (χ4v) is 2.25. The molecule has 2 unspecified atom stereocenters. The molecule has 0 aliphatic heterocycles. The smallest absolute Gasteiger partial charge is 0.130 e. The summed E-state index contributed by atoms with van der Waals surface area (Å²) >= 11 is 0. The van der Waals surface area contributed by atoms with E-state index in [0.29, 0.717) is 11.5 Å². The first-order valence-corrected chi connectivity index (χ1v) is 7.26. The van der Waals surface area contributed by atoms with E-state index in [1.165, 1.54) is 31.4 Å². The molecule has 0 spiro atoms. The summed E-state index contributed by atoms with van der Waals surface area (Å²) < 4.78 is 26.5. The first kappa shape index (κ1) is 16.1. The molecule has 0 heterocycles. The Morgan fingerprint density at radius 3 is 2.53 bits per heavy atom. The third-order valence-electron chi connectivity index (χ3n) is 3.68. The van der Waals surface area contributed by atoms with Crippen molar-refractivity contribution in [3.63, 3.8) is 0 Å².